The molecule has 0 fully saturated rings. The van der Waals surface area contributed by atoms with Gasteiger partial charge < -0.3 is 15.3 Å². The summed E-state index contributed by atoms with van der Waals surface area (Å²) in [6, 6.07) is 19.1. The number of carboxylic acids is 1. The Morgan fingerprint density at radius 2 is 1.58 bits per heavy atom. The molecular formula is C33H33Cl2N3O6S. The highest BCUT2D eigenvalue weighted by Crippen LogP contribution is 2.34. The summed E-state index contributed by atoms with van der Waals surface area (Å²) >= 11 is 12.2. The molecule has 9 nitrogen and oxygen atoms in total. The summed E-state index contributed by atoms with van der Waals surface area (Å²) in [6.45, 7) is 2.11. The van der Waals surface area contributed by atoms with Gasteiger partial charge in [-0.15, -0.1) is 0 Å². The average molecular weight is 671 g/mol. The highest BCUT2D eigenvalue weighted by molar-refractivity contribution is 7.93. The van der Waals surface area contributed by atoms with Crippen molar-refractivity contribution in [1.29, 1.82) is 0 Å². The molecular weight excluding hydrogens is 637 g/mol. The molecule has 12 heteroatoms. The van der Waals surface area contributed by atoms with Gasteiger partial charge in [-0.2, -0.15) is 0 Å². The molecule has 1 atom stereocenters. The molecule has 0 aliphatic heterocycles. The fourth-order valence-electron chi connectivity index (χ4n) is 4.92. The lowest BCUT2D eigenvalue weighted by Gasteiger charge is -2.30. The lowest BCUT2D eigenvalue weighted by atomic mass is 10.0. The van der Waals surface area contributed by atoms with E-state index < -0.39 is 22.0 Å². The van der Waals surface area contributed by atoms with Crippen molar-refractivity contribution < 1.29 is 27.9 Å². The van der Waals surface area contributed by atoms with Crippen LogP contribution in [0.3, 0.4) is 0 Å². The fraction of sp³-hybridized carbons (Fsp3) is 0.242. The minimum atomic E-state index is -4.44. The Balaban J connectivity index is 1.69. The SMILES string of the molecule is CCCCC(C(=O)O)N(c1ccc2c(C(=O)NCc3ccc(C(=O)N(C)C)cc3)cccc2c1)S(=O)(=O)c1cc(Cl)cc(Cl)c1. The third kappa shape index (κ3) is 7.76. The third-order valence-corrected chi connectivity index (χ3v) is 9.47. The molecule has 0 saturated carbocycles. The zero-order valence-corrected chi connectivity index (χ0v) is 27.3. The summed E-state index contributed by atoms with van der Waals surface area (Å²) in [5.41, 5.74) is 1.81. The highest BCUT2D eigenvalue weighted by Gasteiger charge is 2.36. The van der Waals surface area contributed by atoms with E-state index in [1.54, 1.807) is 68.7 Å². The van der Waals surface area contributed by atoms with E-state index >= 15 is 0 Å². The second kappa shape index (κ2) is 14.3. The summed E-state index contributed by atoms with van der Waals surface area (Å²) in [5.74, 6) is -1.78. The number of benzene rings is 4. The minimum Gasteiger partial charge on any atom is -0.480 e. The first-order valence-electron chi connectivity index (χ1n) is 14.2. The third-order valence-electron chi connectivity index (χ3n) is 7.22. The van der Waals surface area contributed by atoms with Gasteiger partial charge in [0.25, 0.3) is 21.8 Å². The number of carbonyl (C=O) groups excluding carboxylic acids is 2. The Labute approximate surface area is 272 Å². The molecule has 0 heterocycles. The Kier molecular flexibility index (Phi) is 10.7. The number of aliphatic carboxylic acids is 1. The van der Waals surface area contributed by atoms with Crippen molar-refractivity contribution in [1.82, 2.24) is 10.2 Å². The van der Waals surface area contributed by atoms with Crippen LogP contribution < -0.4 is 9.62 Å². The van der Waals surface area contributed by atoms with Gasteiger partial charge in [0.15, 0.2) is 0 Å². The van der Waals surface area contributed by atoms with Gasteiger partial charge in [-0.3, -0.25) is 13.9 Å². The average Bonchev–Trinajstić information content (AvgIpc) is 3.00. The first kappa shape index (κ1) is 33.8. The van der Waals surface area contributed by atoms with Crippen molar-refractivity contribution in [2.24, 2.45) is 0 Å². The maximum absolute atomic E-state index is 14.0. The van der Waals surface area contributed by atoms with Crippen molar-refractivity contribution in [2.45, 2.75) is 43.7 Å². The maximum Gasteiger partial charge on any atom is 0.327 e. The molecule has 236 valence electrons. The van der Waals surface area contributed by atoms with E-state index in [-0.39, 0.29) is 45.4 Å². The van der Waals surface area contributed by atoms with Gasteiger partial charge >= 0.3 is 5.97 Å². The lowest BCUT2D eigenvalue weighted by molar-refractivity contribution is -0.138. The number of fused-ring (bicyclic) bond motifs is 1. The van der Waals surface area contributed by atoms with Crippen LogP contribution in [0.15, 0.2) is 83.8 Å². The van der Waals surface area contributed by atoms with Crippen LogP contribution in [-0.4, -0.2) is 56.3 Å². The normalized spacial score (nSPS) is 12.0. The zero-order chi connectivity index (χ0) is 32.9. The van der Waals surface area contributed by atoms with E-state index in [1.807, 2.05) is 6.92 Å². The largest absolute Gasteiger partial charge is 0.480 e. The van der Waals surface area contributed by atoms with Crippen LogP contribution in [-0.2, 0) is 21.4 Å². The van der Waals surface area contributed by atoms with Crippen molar-refractivity contribution in [3.05, 3.63) is 106 Å². The minimum absolute atomic E-state index is 0.0735. The van der Waals surface area contributed by atoms with Crippen LogP contribution in [0.1, 0.15) is 52.5 Å². The summed E-state index contributed by atoms with van der Waals surface area (Å²) in [5, 5.41) is 14.3. The molecule has 0 saturated heterocycles. The monoisotopic (exact) mass is 669 g/mol. The number of carbonyl (C=O) groups is 3. The van der Waals surface area contributed by atoms with Crippen LogP contribution in [0.25, 0.3) is 10.8 Å². The molecule has 2 N–H and O–H groups in total. The molecule has 45 heavy (non-hydrogen) atoms. The number of hydrogen-bond acceptors (Lipinski definition) is 5. The van der Waals surface area contributed by atoms with Crippen molar-refractivity contribution in [3.63, 3.8) is 0 Å². The predicted octanol–water partition coefficient (Wildman–Crippen LogP) is 6.62. The van der Waals surface area contributed by atoms with Crippen molar-refractivity contribution in [3.8, 4) is 0 Å². The summed E-state index contributed by atoms with van der Waals surface area (Å²) < 4.78 is 29.0. The van der Waals surface area contributed by atoms with Crippen LogP contribution in [0, 0.1) is 0 Å². The molecule has 0 bridgehead atoms. The van der Waals surface area contributed by atoms with Crippen molar-refractivity contribution >= 4 is 67.5 Å². The van der Waals surface area contributed by atoms with E-state index in [1.165, 1.54) is 29.2 Å². The molecule has 4 aromatic rings. The van der Waals surface area contributed by atoms with Gasteiger partial charge in [-0.25, -0.2) is 13.2 Å². The number of hydrogen-bond donors (Lipinski definition) is 2. The van der Waals surface area contributed by atoms with Gasteiger partial charge in [-0.05, 0) is 71.3 Å². The van der Waals surface area contributed by atoms with Crippen molar-refractivity contribution in [2.75, 3.05) is 18.4 Å². The Morgan fingerprint density at radius 3 is 2.18 bits per heavy atom. The van der Waals surface area contributed by atoms with E-state index in [4.69, 9.17) is 23.2 Å². The predicted molar refractivity (Wildman–Crippen MR) is 177 cm³/mol. The molecule has 4 aromatic carbocycles. The maximum atomic E-state index is 14.0. The number of rotatable bonds is 12. The molecule has 1 unspecified atom stereocenters. The van der Waals surface area contributed by atoms with Crippen LogP contribution in [0.5, 0.6) is 0 Å². The van der Waals surface area contributed by atoms with E-state index in [0.717, 1.165) is 9.87 Å². The van der Waals surface area contributed by atoms with Gasteiger partial charge in [-0.1, -0.05) is 73.3 Å². The van der Waals surface area contributed by atoms with Gasteiger partial charge in [0.05, 0.1) is 10.6 Å². The number of unbranched alkanes of at least 4 members (excludes halogenated alkanes) is 1. The number of carboxylic acid groups (broad SMARTS) is 1. The highest BCUT2D eigenvalue weighted by atomic mass is 35.5. The molecule has 0 aliphatic rings. The van der Waals surface area contributed by atoms with E-state index in [0.29, 0.717) is 34.7 Å². The Hall–Kier alpha value is -4.12. The second-order valence-electron chi connectivity index (χ2n) is 10.7. The number of nitrogens with one attached hydrogen (secondary N) is 1. The topological polar surface area (TPSA) is 124 Å². The first-order valence-corrected chi connectivity index (χ1v) is 16.4. The lowest BCUT2D eigenvalue weighted by Crippen LogP contribution is -2.45. The Bertz CT molecular complexity index is 1830. The number of halogens is 2. The molecule has 2 amide bonds. The number of nitrogens with zero attached hydrogens (tertiary/aromatic N) is 2. The number of sulfonamides is 1. The number of amides is 2. The van der Waals surface area contributed by atoms with E-state index in [9.17, 15) is 27.9 Å². The molecule has 4 rings (SSSR count). The second-order valence-corrected chi connectivity index (χ2v) is 13.4. The van der Waals surface area contributed by atoms with Gasteiger partial charge in [0.1, 0.15) is 6.04 Å². The van der Waals surface area contributed by atoms with E-state index in [2.05, 4.69) is 5.32 Å². The summed E-state index contributed by atoms with van der Waals surface area (Å²) in [7, 11) is -1.10. The number of anilines is 1. The standard InChI is InChI=1S/C33H33Cl2N3O6S/c1-4-5-9-30(33(41)42)38(45(43,44)27-18-24(34)17-25(35)19-27)26-14-15-28-23(16-26)7-6-8-29(28)31(39)36-20-21-10-12-22(13-11-21)32(40)37(2)3/h6-8,10-19,30H,4-5,9,20H2,1-3H3,(H,36,39)(H,41,42). The molecule has 0 aliphatic carbocycles. The fourth-order valence-corrected chi connectivity index (χ4v) is 7.28. The van der Waals surface area contributed by atoms with Crippen LogP contribution in [0.2, 0.25) is 10.0 Å². The van der Waals surface area contributed by atoms with Gasteiger partial charge in [0.2, 0.25) is 0 Å². The van der Waals surface area contributed by atoms with Gasteiger partial charge in [0, 0.05) is 41.8 Å². The first-order chi connectivity index (χ1) is 21.3. The summed E-state index contributed by atoms with van der Waals surface area (Å²) in [4.78, 5) is 39.1. The molecule has 0 radical (unpaired) electrons. The zero-order valence-electron chi connectivity index (χ0n) is 25.0. The molecule has 0 aromatic heterocycles. The summed E-state index contributed by atoms with van der Waals surface area (Å²) in [6.07, 6.45) is 1.21. The van der Waals surface area contributed by atoms with Crippen LogP contribution >= 0.6 is 23.2 Å². The molecule has 0 spiro atoms. The quantitative estimate of drug-likeness (QED) is 0.175. The van der Waals surface area contributed by atoms with Crippen LogP contribution in [0.4, 0.5) is 5.69 Å². The Morgan fingerprint density at radius 1 is 0.911 bits per heavy atom. The smallest absolute Gasteiger partial charge is 0.327 e.